The van der Waals surface area contributed by atoms with E-state index in [1.54, 1.807) is 31.2 Å². The second-order valence-electron chi connectivity index (χ2n) is 4.33. The van der Waals surface area contributed by atoms with Crippen molar-refractivity contribution in [1.29, 1.82) is 0 Å². The number of anilines is 1. The van der Waals surface area contributed by atoms with Crippen molar-refractivity contribution < 1.29 is 19.1 Å². The molecule has 100 valence electrons. The lowest BCUT2D eigenvalue weighted by molar-refractivity contribution is -0.156. The minimum absolute atomic E-state index is 0.219. The van der Waals surface area contributed by atoms with Crippen molar-refractivity contribution >= 4 is 23.3 Å². The molecule has 0 N–H and O–H groups in total. The molecule has 2 atom stereocenters. The third kappa shape index (κ3) is 2.23. The van der Waals surface area contributed by atoms with Crippen LogP contribution in [0.4, 0.5) is 5.69 Å². The van der Waals surface area contributed by atoms with Crippen LogP contribution < -0.4 is 4.90 Å². The highest BCUT2D eigenvalue weighted by Crippen LogP contribution is 2.33. The molecule has 0 unspecified atom stereocenters. The van der Waals surface area contributed by atoms with E-state index in [1.807, 2.05) is 6.07 Å². The first-order valence-electron chi connectivity index (χ1n) is 6.13. The van der Waals surface area contributed by atoms with E-state index in [4.69, 9.17) is 4.74 Å². The molecule has 1 aliphatic heterocycles. The molecular formula is C14H15NO4. The van der Waals surface area contributed by atoms with Gasteiger partial charge in [-0.25, -0.2) is 4.79 Å². The fourth-order valence-corrected chi connectivity index (χ4v) is 2.23. The lowest BCUT2D eigenvalue weighted by Gasteiger charge is -2.43. The highest BCUT2D eigenvalue weighted by Gasteiger charge is 2.55. The summed E-state index contributed by atoms with van der Waals surface area (Å²) in [5.41, 5.74) is 0.600. The van der Waals surface area contributed by atoms with Gasteiger partial charge in [0.05, 0.1) is 6.61 Å². The van der Waals surface area contributed by atoms with Crippen LogP contribution in [-0.2, 0) is 19.1 Å². The molecule has 1 saturated heterocycles. The van der Waals surface area contributed by atoms with Crippen molar-refractivity contribution in [2.24, 2.45) is 5.92 Å². The number of benzene rings is 1. The van der Waals surface area contributed by atoms with Gasteiger partial charge in [-0.3, -0.25) is 14.5 Å². The Morgan fingerprint density at radius 1 is 1.26 bits per heavy atom. The Balaban J connectivity index is 2.30. The first kappa shape index (κ1) is 13.3. The molecule has 1 aliphatic rings. The smallest absolute Gasteiger partial charge is 0.330 e. The Bertz CT molecular complexity index is 511. The zero-order valence-corrected chi connectivity index (χ0v) is 10.8. The molecule has 0 aromatic heterocycles. The van der Waals surface area contributed by atoms with Crippen LogP contribution in [0.5, 0.6) is 0 Å². The maximum absolute atomic E-state index is 12.0. The number of hydrogen-bond donors (Lipinski definition) is 0. The van der Waals surface area contributed by atoms with Crippen LogP contribution in [-0.4, -0.2) is 30.3 Å². The minimum Gasteiger partial charge on any atom is -0.464 e. The Hall–Kier alpha value is -2.17. The molecule has 1 heterocycles. The molecule has 0 aliphatic carbocycles. The van der Waals surface area contributed by atoms with E-state index in [9.17, 15) is 14.4 Å². The molecule has 5 heteroatoms. The number of carbonyl (C=O) groups is 3. The minimum atomic E-state index is -0.917. The molecule has 0 spiro atoms. The van der Waals surface area contributed by atoms with Crippen LogP contribution in [0.1, 0.15) is 13.8 Å². The number of para-hydroxylation sites is 1. The van der Waals surface area contributed by atoms with E-state index < -0.39 is 17.9 Å². The summed E-state index contributed by atoms with van der Waals surface area (Å²) in [7, 11) is 0. The van der Waals surface area contributed by atoms with Gasteiger partial charge >= 0.3 is 5.97 Å². The third-order valence-corrected chi connectivity index (χ3v) is 3.10. The summed E-state index contributed by atoms with van der Waals surface area (Å²) in [5, 5.41) is 0. The maximum atomic E-state index is 12.0. The SMILES string of the molecule is CCOC(=O)[C@@H]1[C@@H](C(C)=O)C(=O)N1c1ccccc1. The molecule has 19 heavy (non-hydrogen) atoms. The summed E-state index contributed by atoms with van der Waals surface area (Å²) in [6, 6.07) is 7.96. The third-order valence-electron chi connectivity index (χ3n) is 3.10. The molecule has 0 radical (unpaired) electrons. The zero-order chi connectivity index (χ0) is 14.0. The standard InChI is InChI=1S/C14H15NO4/c1-3-19-14(18)12-11(9(2)16)13(17)15(12)10-7-5-4-6-8-10/h4-8,11-12H,3H2,1-2H3/t11-,12+/m1/s1. The topological polar surface area (TPSA) is 63.7 Å². The zero-order valence-electron chi connectivity index (χ0n) is 10.8. The highest BCUT2D eigenvalue weighted by atomic mass is 16.5. The average Bonchev–Trinajstić information content (AvgIpc) is 2.36. The predicted octanol–water partition coefficient (Wildman–Crippen LogP) is 1.17. The summed E-state index contributed by atoms with van der Waals surface area (Å²) >= 11 is 0. The number of ether oxygens (including phenoxy) is 1. The lowest BCUT2D eigenvalue weighted by Crippen LogP contribution is -2.67. The Morgan fingerprint density at radius 2 is 1.89 bits per heavy atom. The fourth-order valence-electron chi connectivity index (χ4n) is 2.23. The summed E-state index contributed by atoms with van der Waals surface area (Å²) in [6.45, 7) is 3.22. The van der Waals surface area contributed by atoms with Crippen LogP contribution in [0.2, 0.25) is 0 Å². The van der Waals surface area contributed by atoms with Crippen molar-refractivity contribution in [3.8, 4) is 0 Å². The normalized spacial score (nSPS) is 21.8. The number of esters is 1. The number of rotatable bonds is 4. The van der Waals surface area contributed by atoms with E-state index in [1.165, 1.54) is 11.8 Å². The van der Waals surface area contributed by atoms with Crippen LogP contribution >= 0.6 is 0 Å². The van der Waals surface area contributed by atoms with Gasteiger partial charge in [0.15, 0.2) is 6.04 Å². The Morgan fingerprint density at radius 3 is 2.42 bits per heavy atom. The van der Waals surface area contributed by atoms with E-state index >= 15 is 0 Å². The Kier molecular flexibility index (Phi) is 3.64. The van der Waals surface area contributed by atoms with Gasteiger partial charge in [0.2, 0.25) is 5.91 Å². The fraction of sp³-hybridized carbons (Fsp3) is 0.357. The number of ketones is 1. The Labute approximate surface area is 111 Å². The van der Waals surface area contributed by atoms with E-state index in [-0.39, 0.29) is 18.3 Å². The van der Waals surface area contributed by atoms with Gasteiger partial charge in [0.25, 0.3) is 0 Å². The number of nitrogens with zero attached hydrogens (tertiary/aromatic N) is 1. The van der Waals surface area contributed by atoms with Crippen molar-refractivity contribution in [1.82, 2.24) is 0 Å². The molecule has 1 fully saturated rings. The van der Waals surface area contributed by atoms with Crippen LogP contribution in [0.15, 0.2) is 30.3 Å². The van der Waals surface area contributed by atoms with Crippen molar-refractivity contribution in [2.45, 2.75) is 19.9 Å². The van der Waals surface area contributed by atoms with Gasteiger partial charge in [-0.05, 0) is 26.0 Å². The van der Waals surface area contributed by atoms with Crippen LogP contribution in [0.3, 0.4) is 0 Å². The number of β-lactam (4-membered cyclic amide) rings is 1. The second-order valence-corrected chi connectivity index (χ2v) is 4.33. The van der Waals surface area contributed by atoms with Gasteiger partial charge in [-0.2, -0.15) is 0 Å². The number of hydrogen-bond acceptors (Lipinski definition) is 4. The number of amides is 1. The molecule has 0 bridgehead atoms. The molecule has 1 aromatic rings. The van der Waals surface area contributed by atoms with Crippen LogP contribution in [0.25, 0.3) is 0 Å². The average molecular weight is 261 g/mol. The van der Waals surface area contributed by atoms with Crippen molar-refractivity contribution in [2.75, 3.05) is 11.5 Å². The van der Waals surface area contributed by atoms with Gasteiger partial charge in [-0.1, -0.05) is 18.2 Å². The summed E-state index contributed by atoms with van der Waals surface area (Å²) in [4.78, 5) is 36.7. The van der Waals surface area contributed by atoms with Gasteiger partial charge in [0, 0.05) is 5.69 Å². The number of Topliss-reactive ketones (excluding diaryl/α,β-unsaturated/α-hetero) is 1. The summed E-state index contributed by atoms with van der Waals surface area (Å²) in [6.07, 6.45) is 0. The summed E-state index contributed by atoms with van der Waals surface area (Å²) in [5.74, 6) is -2.11. The molecular weight excluding hydrogens is 246 g/mol. The largest absolute Gasteiger partial charge is 0.464 e. The maximum Gasteiger partial charge on any atom is 0.330 e. The molecule has 1 amide bonds. The van der Waals surface area contributed by atoms with E-state index in [0.717, 1.165) is 0 Å². The monoisotopic (exact) mass is 261 g/mol. The molecule has 0 saturated carbocycles. The quantitative estimate of drug-likeness (QED) is 0.463. The van der Waals surface area contributed by atoms with Gasteiger partial charge < -0.3 is 4.74 Å². The first-order valence-corrected chi connectivity index (χ1v) is 6.13. The highest BCUT2D eigenvalue weighted by molar-refractivity contribution is 6.20. The predicted molar refractivity (Wildman–Crippen MR) is 68.5 cm³/mol. The van der Waals surface area contributed by atoms with Crippen molar-refractivity contribution in [3.63, 3.8) is 0 Å². The van der Waals surface area contributed by atoms with Crippen molar-refractivity contribution in [3.05, 3.63) is 30.3 Å². The van der Waals surface area contributed by atoms with Crippen LogP contribution in [0, 0.1) is 5.92 Å². The first-order chi connectivity index (χ1) is 9.07. The molecule has 1 aromatic carbocycles. The van der Waals surface area contributed by atoms with E-state index in [2.05, 4.69) is 0 Å². The van der Waals surface area contributed by atoms with E-state index in [0.29, 0.717) is 5.69 Å². The second kappa shape index (κ2) is 5.22. The molecule has 2 rings (SSSR count). The summed E-state index contributed by atoms with van der Waals surface area (Å²) < 4.78 is 4.94. The molecule has 5 nitrogen and oxygen atoms in total. The lowest BCUT2D eigenvalue weighted by atomic mass is 9.83. The van der Waals surface area contributed by atoms with Gasteiger partial charge in [0.1, 0.15) is 11.7 Å². The number of carbonyl (C=O) groups excluding carboxylic acids is 3. The van der Waals surface area contributed by atoms with Gasteiger partial charge in [-0.15, -0.1) is 0 Å².